The summed E-state index contributed by atoms with van der Waals surface area (Å²) in [6, 6.07) is 14.2. The van der Waals surface area contributed by atoms with Crippen LogP contribution in [0.5, 0.6) is 0 Å². The predicted octanol–water partition coefficient (Wildman–Crippen LogP) is 3.78. The van der Waals surface area contributed by atoms with Crippen molar-refractivity contribution in [3.05, 3.63) is 59.1 Å². The second-order valence-electron chi connectivity index (χ2n) is 5.61. The largest absolute Gasteiger partial charge is 0.324 e. The van der Waals surface area contributed by atoms with E-state index < -0.39 is 6.04 Å². The number of anilines is 2. The van der Waals surface area contributed by atoms with Gasteiger partial charge in [0, 0.05) is 22.8 Å². The number of carbonyl (C=O) groups is 2. The zero-order valence-corrected chi connectivity index (χ0v) is 13.5. The Bertz CT molecular complexity index is 746. The lowest BCUT2D eigenvalue weighted by Crippen LogP contribution is -2.41. The highest BCUT2D eigenvalue weighted by Gasteiger charge is 2.37. The molecule has 0 radical (unpaired) electrons. The van der Waals surface area contributed by atoms with Gasteiger partial charge in [0.25, 0.3) is 0 Å². The maximum absolute atomic E-state index is 12.6. The van der Waals surface area contributed by atoms with E-state index in [9.17, 15) is 9.59 Å². The summed E-state index contributed by atoms with van der Waals surface area (Å²) in [5, 5.41) is 3.46. The minimum atomic E-state index is -0.495. The van der Waals surface area contributed by atoms with Crippen LogP contribution in [0.15, 0.2) is 48.5 Å². The molecule has 0 spiro atoms. The van der Waals surface area contributed by atoms with Gasteiger partial charge < -0.3 is 5.32 Å². The highest BCUT2D eigenvalue weighted by Crippen LogP contribution is 2.28. The van der Waals surface area contributed by atoms with E-state index in [1.54, 1.807) is 11.0 Å². The third kappa shape index (κ3) is 3.22. The van der Waals surface area contributed by atoms with Gasteiger partial charge in [0.2, 0.25) is 11.8 Å². The third-order valence-corrected chi connectivity index (χ3v) is 4.40. The number of aryl methyl sites for hydroxylation is 1. The van der Waals surface area contributed by atoms with E-state index >= 15 is 0 Å². The molecule has 0 bridgehead atoms. The molecule has 5 heteroatoms. The van der Waals surface area contributed by atoms with Crippen LogP contribution >= 0.6 is 11.6 Å². The van der Waals surface area contributed by atoms with Crippen LogP contribution in [0.1, 0.15) is 18.4 Å². The molecule has 2 amide bonds. The molecule has 0 saturated carbocycles. The summed E-state index contributed by atoms with van der Waals surface area (Å²) in [6.07, 6.45) is 0.890. The number of rotatable bonds is 3. The Morgan fingerprint density at radius 2 is 1.96 bits per heavy atom. The van der Waals surface area contributed by atoms with Crippen molar-refractivity contribution in [1.82, 2.24) is 0 Å². The van der Waals surface area contributed by atoms with Crippen molar-refractivity contribution in [3.63, 3.8) is 0 Å². The van der Waals surface area contributed by atoms with Crippen molar-refractivity contribution in [3.8, 4) is 0 Å². The zero-order valence-electron chi connectivity index (χ0n) is 12.8. The molecular formula is C18H17ClN2O2. The third-order valence-electron chi connectivity index (χ3n) is 3.99. The summed E-state index contributed by atoms with van der Waals surface area (Å²) in [5.41, 5.74) is 2.33. The van der Waals surface area contributed by atoms with Gasteiger partial charge in [0.05, 0.1) is 0 Å². The molecule has 1 fully saturated rings. The normalized spacial score (nSPS) is 17.4. The Hall–Kier alpha value is -2.33. The second kappa shape index (κ2) is 6.42. The van der Waals surface area contributed by atoms with E-state index in [4.69, 9.17) is 11.6 Å². The highest BCUT2D eigenvalue weighted by molar-refractivity contribution is 6.31. The maximum atomic E-state index is 12.6. The number of amides is 2. The summed E-state index contributed by atoms with van der Waals surface area (Å²) in [7, 11) is 0. The summed E-state index contributed by atoms with van der Waals surface area (Å²) >= 11 is 6.09. The van der Waals surface area contributed by atoms with Crippen LogP contribution in [0.3, 0.4) is 0 Å². The quantitative estimate of drug-likeness (QED) is 0.932. The standard InChI is InChI=1S/C18H17ClN2O2/c1-12-7-8-13(11-15(12)19)20-18(23)16-9-10-17(22)21(16)14-5-3-2-4-6-14/h2-8,11,16H,9-10H2,1H3,(H,20,23). The first-order valence-electron chi connectivity index (χ1n) is 7.50. The first kappa shape index (κ1) is 15.6. The molecule has 1 N–H and O–H groups in total. The number of para-hydroxylation sites is 1. The Kier molecular flexibility index (Phi) is 4.35. The highest BCUT2D eigenvalue weighted by atomic mass is 35.5. The first-order valence-corrected chi connectivity index (χ1v) is 7.88. The number of hydrogen-bond acceptors (Lipinski definition) is 2. The molecule has 4 nitrogen and oxygen atoms in total. The van der Waals surface area contributed by atoms with Crippen molar-refractivity contribution in [2.24, 2.45) is 0 Å². The Labute approximate surface area is 140 Å². The lowest BCUT2D eigenvalue weighted by atomic mass is 10.1. The fourth-order valence-electron chi connectivity index (χ4n) is 2.74. The minimum absolute atomic E-state index is 0.0294. The van der Waals surface area contributed by atoms with Crippen molar-refractivity contribution in [2.45, 2.75) is 25.8 Å². The van der Waals surface area contributed by atoms with E-state index in [0.717, 1.165) is 11.3 Å². The van der Waals surface area contributed by atoms with Gasteiger partial charge in [-0.3, -0.25) is 14.5 Å². The van der Waals surface area contributed by atoms with Crippen LogP contribution in [0.25, 0.3) is 0 Å². The van der Waals surface area contributed by atoms with E-state index in [2.05, 4.69) is 5.32 Å². The summed E-state index contributed by atoms with van der Waals surface area (Å²) in [6.45, 7) is 1.90. The van der Waals surface area contributed by atoms with Gasteiger partial charge in [-0.2, -0.15) is 0 Å². The molecule has 1 atom stereocenters. The summed E-state index contributed by atoms with van der Waals surface area (Å²) in [5.74, 6) is -0.224. The zero-order chi connectivity index (χ0) is 16.4. The molecular weight excluding hydrogens is 312 g/mol. The average Bonchev–Trinajstić information content (AvgIpc) is 2.93. The molecule has 1 unspecified atom stereocenters. The van der Waals surface area contributed by atoms with E-state index in [0.29, 0.717) is 23.6 Å². The van der Waals surface area contributed by atoms with Crippen LogP contribution in [-0.2, 0) is 9.59 Å². The smallest absolute Gasteiger partial charge is 0.247 e. The van der Waals surface area contributed by atoms with Gasteiger partial charge in [0.15, 0.2) is 0 Å². The Morgan fingerprint density at radius 1 is 1.22 bits per heavy atom. The number of halogens is 1. The molecule has 118 valence electrons. The lowest BCUT2D eigenvalue weighted by molar-refractivity contribution is -0.120. The van der Waals surface area contributed by atoms with E-state index in [1.165, 1.54) is 0 Å². The van der Waals surface area contributed by atoms with Gasteiger partial charge in [-0.25, -0.2) is 0 Å². The Morgan fingerprint density at radius 3 is 2.65 bits per heavy atom. The molecule has 1 aliphatic heterocycles. The number of carbonyl (C=O) groups excluding carboxylic acids is 2. The average molecular weight is 329 g/mol. The Balaban J connectivity index is 1.80. The number of benzene rings is 2. The number of hydrogen-bond donors (Lipinski definition) is 1. The molecule has 0 aromatic heterocycles. The van der Waals surface area contributed by atoms with Crippen LogP contribution in [0.2, 0.25) is 5.02 Å². The fraction of sp³-hybridized carbons (Fsp3) is 0.222. The molecule has 1 heterocycles. The van der Waals surface area contributed by atoms with Gasteiger partial charge >= 0.3 is 0 Å². The van der Waals surface area contributed by atoms with Crippen LogP contribution in [-0.4, -0.2) is 17.9 Å². The number of nitrogens with zero attached hydrogens (tertiary/aromatic N) is 1. The molecule has 2 aromatic rings. The van der Waals surface area contributed by atoms with Crippen molar-refractivity contribution in [2.75, 3.05) is 10.2 Å². The topological polar surface area (TPSA) is 49.4 Å². The molecule has 1 aliphatic rings. The van der Waals surface area contributed by atoms with Gasteiger partial charge in [-0.05, 0) is 43.2 Å². The van der Waals surface area contributed by atoms with Crippen LogP contribution < -0.4 is 10.2 Å². The van der Waals surface area contributed by atoms with Crippen molar-refractivity contribution >= 4 is 34.8 Å². The molecule has 23 heavy (non-hydrogen) atoms. The first-order chi connectivity index (χ1) is 11.1. The summed E-state index contributed by atoms with van der Waals surface area (Å²) in [4.78, 5) is 26.3. The van der Waals surface area contributed by atoms with Crippen LogP contribution in [0.4, 0.5) is 11.4 Å². The SMILES string of the molecule is Cc1ccc(NC(=O)C2CCC(=O)N2c2ccccc2)cc1Cl. The monoisotopic (exact) mass is 328 g/mol. The molecule has 2 aromatic carbocycles. The second-order valence-corrected chi connectivity index (χ2v) is 6.01. The molecule has 3 rings (SSSR count). The fourth-order valence-corrected chi connectivity index (χ4v) is 2.92. The lowest BCUT2D eigenvalue weighted by Gasteiger charge is -2.24. The van der Waals surface area contributed by atoms with Gasteiger partial charge in [0.1, 0.15) is 6.04 Å². The number of nitrogens with one attached hydrogen (secondary N) is 1. The van der Waals surface area contributed by atoms with Crippen molar-refractivity contribution in [1.29, 1.82) is 0 Å². The van der Waals surface area contributed by atoms with Crippen molar-refractivity contribution < 1.29 is 9.59 Å². The molecule has 0 aliphatic carbocycles. The molecule has 1 saturated heterocycles. The van der Waals surface area contributed by atoms with Crippen LogP contribution in [0, 0.1) is 6.92 Å². The van der Waals surface area contributed by atoms with E-state index in [-0.39, 0.29) is 11.8 Å². The predicted molar refractivity (Wildman–Crippen MR) is 91.8 cm³/mol. The van der Waals surface area contributed by atoms with Gasteiger partial charge in [-0.15, -0.1) is 0 Å². The van der Waals surface area contributed by atoms with Gasteiger partial charge in [-0.1, -0.05) is 35.9 Å². The van der Waals surface area contributed by atoms with E-state index in [1.807, 2.05) is 49.4 Å². The summed E-state index contributed by atoms with van der Waals surface area (Å²) < 4.78 is 0. The minimum Gasteiger partial charge on any atom is -0.324 e. The maximum Gasteiger partial charge on any atom is 0.247 e.